The molecule has 0 amide bonds. The lowest BCUT2D eigenvalue weighted by Gasteiger charge is -2.08. The highest BCUT2D eigenvalue weighted by Crippen LogP contribution is 2.08. The second-order valence-electron chi connectivity index (χ2n) is 3.02. The van der Waals surface area contributed by atoms with E-state index in [2.05, 4.69) is 4.74 Å². The molecule has 0 aromatic carbocycles. The summed E-state index contributed by atoms with van der Waals surface area (Å²) in [6, 6.07) is 0. The lowest BCUT2D eigenvalue weighted by atomic mass is 9.95. The molecule has 0 N–H and O–H groups in total. The minimum absolute atomic E-state index is 0.193. The monoisotopic (exact) mass is 200 g/mol. The van der Waals surface area contributed by atoms with Gasteiger partial charge in [-0.1, -0.05) is 6.92 Å². The highest BCUT2D eigenvalue weighted by Gasteiger charge is 2.23. The van der Waals surface area contributed by atoms with Gasteiger partial charge in [0.2, 0.25) is 0 Å². The van der Waals surface area contributed by atoms with Crippen LogP contribution < -0.4 is 0 Å². The first kappa shape index (κ1) is 12.8. The van der Waals surface area contributed by atoms with Crippen LogP contribution >= 0.6 is 0 Å². The van der Waals surface area contributed by atoms with Crippen LogP contribution in [0.25, 0.3) is 0 Å². The van der Waals surface area contributed by atoms with E-state index < -0.39 is 11.9 Å². The molecule has 4 heteroatoms. The van der Waals surface area contributed by atoms with Crippen LogP contribution in [-0.2, 0) is 19.1 Å². The highest BCUT2D eigenvalue weighted by atomic mass is 16.5. The average Bonchev–Trinajstić information content (AvgIpc) is 2.04. The van der Waals surface area contributed by atoms with Crippen LogP contribution in [0.15, 0.2) is 0 Å². The molecule has 0 aliphatic rings. The van der Waals surface area contributed by atoms with Crippen molar-refractivity contribution in [3.63, 3.8) is 0 Å². The molecular weight excluding hydrogens is 184 g/mol. The minimum Gasteiger partial charge on any atom is -0.466 e. The third-order valence-corrected chi connectivity index (χ3v) is 1.91. The number of hydrogen-bond donors (Lipinski definition) is 0. The van der Waals surface area contributed by atoms with Crippen LogP contribution in [0.3, 0.4) is 0 Å². The van der Waals surface area contributed by atoms with E-state index in [4.69, 9.17) is 0 Å². The largest absolute Gasteiger partial charge is 0.466 e. The van der Waals surface area contributed by atoms with Crippen molar-refractivity contribution in [2.24, 2.45) is 5.92 Å². The van der Waals surface area contributed by atoms with Crippen molar-refractivity contribution in [1.82, 2.24) is 0 Å². The normalized spacial score (nSPS) is 11.9. The second kappa shape index (κ2) is 6.29. The maximum absolute atomic E-state index is 11.4. The smallest absolute Gasteiger partial charge is 0.313 e. The number of ether oxygens (including phenoxy) is 1. The lowest BCUT2D eigenvalue weighted by Crippen LogP contribution is -2.24. The summed E-state index contributed by atoms with van der Waals surface area (Å²) in [5.74, 6) is -1.75. The van der Waals surface area contributed by atoms with Gasteiger partial charge in [0.25, 0.3) is 0 Å². The number of carbonyl (C=O) groups excluding carboxylic acids is 3. The minimum atomic E-state index is -0.653. The SMILES string of the molecule is CCOC(=O)CC(=O)C(CC)C(C)=O. The van der Waals surface area contributed by atoms with Crippen molar-refractivity contribution in [3.05, 3.63) is 0 Å². The molecular formula is C10H16O4. The molecule has 0 aliphatic carbocycles. The van der Waals surface area contributed by atoms with E-state index in [-0.39, 0.29) is 24.6 Å². The topological polar surface area (TPSA) is 60.4 Å². The number of hydrogen-bond acceptors (Lipinski definition) is 4. The van der Waals surface area contributed by atoms with Crippen molar-refractivity contribution in [2.75, 3.05) is 6.61 Å². The molecule has 14 heavy (non-hydrogen) atoms. The standard InChI is InChI=1S/C10H16O4/c1-4-8(7(3)11)9(12)6-10(13)14-5-2/h8H,4-6H2,1-3H3. The first-order chi connectivity index (χ1) is 6.52. The van der Waals surface area contributed by atoms with Crippen molar-refractivity contribution in [1.29, 1.82) is 0 Å². The van der Waals surface area contributed by atoms with Crippen molar-refractivity contribution in [3.8, 4) is 0 Å². The van der Waals surface area contributed by atoms with Gasteiger partial charge in [0.1, 0.15) is 12.2 Å². The van der Waals surface area contributed by atoms with Gasteiger partial charge in [-0.3, -0.25) is 14.4 Å². The van der Waals surface area contributed by atoms with Crippen LogP contribution in [0, 0.1) is 5.92 Å². The third kappa shape index (κ3) is 4.16. The van der Waals surface area contributed by atoms with E-state index in [1.807, 2.05) is 0 Å². The summed E-state index contributed by atoms with van der Waals surface area (Å²) in [5, 5.41) is 0. The summed E-state index contributed by atoms with van der Waals surface area (Å²) in [6.07, 6.45) is 0.138. The zero-order valence-electron chi connectivity index (χ0n) is 8.83. The number of Topliss-reactive ketones (excluding diaryl/α,β-unsaturated/α-hetero) is 2. The van der Waals surface area contributed by atoms with Crippen LogP contribution in [0.5, 0.6) is 0 Å². The van der Waals surface area contributed by atoms with Gasteiger partial charge in [0, 0.05) is 0 Å². The van der Waals surface area contributed by atoms with Crippen LogP contribution in [0.4, 0.5) is 0 Å². The van der Waals surface area contributed by atoms with Crippen LogP contribution in [0.2, 0.25) is 0 Å². The molecule has 0 rings (SSSR count). The molecule has 0 spiro atoms. The molecule has 0 aliphatic heterocycles. The van der Waals surface area contributed by atoms with Gasteiger partial charge in [-0.15, -0.1) is 0 Å². The summed E-state index contributed by atoms with van der Waals surface area (Å²) in [6.45, 7) is 5.03. The molecule has 0 aromatic heterocycles. The Labute approximate surface area is 83.6 Å². The van der Waals surface area contributed by atoms with Gasteiger partial charge in [0.05, 0.1) is 12.5 Å². The Balaban J connectivity index is 4.18. The van der Waals surface area contributed by atoms with Crippen LogP contribution in [-0.4, -0.2) is 24.1 Å². The molecule has 1 unspecified atom stereocenters. The van der Waals surface area contributed by atoms with Gasteiger partial charge >= 0.3 is 5.97 Å². The maximum atomic E-state index is 11.4. The fraction of sp³-hybridized carbons (Fsp3) is 0.700. The van der Waals surface area contributed by atoms with Gasteiger partial charge in [0.15, 0.2) is 5.78 Å². The van der Waals surface area contributed by atoms with E-state index in [9.17, 15) is 14.4 Å². The van der Waals surface area contributed by atoms with E-state index >= 15 is 0 Å². The van der Waals surface area contributed by atoms with E-state index in [0.717, 1.165) is 0 Å². The third-order valence-electron chi connectivity index (χ3n) is 1.91. The van der Waals surface area contributed by atoms with E-state index in [0.29, 0.717) is 6.42 Å². The highest BCUT2D eigenvalue weighted by molar-refractivity contribution is 6.07. The van der Waals surface area contributed by atoms with E-state index in [1.165, 1.54) is 6.92 Å². The zero-order valence-corrected chi connectivity index (χ0v) is 8.83. The lowest BCUT2D eigenvalue weighted by molar-refractivity contribution is -0.146. The summed E-state index contributed by atoms with van der Waals surface area (Å²) in [4.78, 5) is 33.3. The zero-order chi connectivity index (χ0) is 11.1. The van der Waals surface area contributed by atoms with Crippen molar-refractivity contribution < 1.29 is 19.1 Å². The first-order valence-electron chi connectivity index (χ1n) is 4.71. The summed E-state index contributed by atoms with van der Waals surface area (Å²) in [5.41, 5.74) is 0. The van der Waals surface area contributed by atoms with E-state index in [1.54, 1.807) is 13.8 Å². The van der Waals surface area contributed by atoms with Crippen molar-refractivity contribution in [2.45, 2.75) is 33.6 Å². The Morgan fingerprint density at radius 2 is 1.79 bits per heavy atom. The molecule has 0 bridgehead atoms. The summed E-state index contributed by atoms with van der Waals surface area (Å²) >= 11 is 0. The number of ketones is 2. The number of carbonyl (C=O) groups is 3. The second-order valence-corrected chi connectivity index (χ2v) is 3.02. The van der Waals surface area contributed by atoms with Gasteiger partial charge in [-0.2, -0.15) is 0 Å². The Morgan fingerprint density at radius 1 is 1.21 bits per heavy atom. The average molecular weight is 200 g/mol. The molecule has 0 aromatic rings. The molecule has 0 saturated heterocycles. The fourth-order valence-corrected chi connectivity index (χ4v) is 1.22. The maximum Gasteiger partial charge on any atom is 0.313 e. The van der Waals surface area contributed by atoms with Gasteiger partial charge < -0.3 is 4.74 Å². The number of rotatable bonds is 6. The Kier molecular flexibility index (Phi) is 5.76. The fourth-order valence-electron chi connectivity index (χ4n) is 1.22. The molecule has 0 saturated carbocycles. The molecule has 0 fully saturated rings. The van der Waals surface area contributed by atoms with Crippen LogP contribution in [0.1, 0.15) is 33.6 Å². The predicted molar refractivity (Wildman–Crippen MR) is 50.7 cm³/mol. The molecule has 80 valence electrons. The Morgan fingerprint density at radius 3 is 2.14 bits per heavy atom. The first-order valence-corrected chi connectivity index (χ1v) is 4.71. The Hall–Kier alpha value is -1.19. The molecule has 4 nitrogen and oxygen atoms in total. The van der Waals surface area contributed by atoms with Gasteiger partial charge in [-0.25, -0.2) is 0 Å². The van der Waals surface area contributed by atoms with Crippen molar-refractivity contribution >= 4 is 17.5 Å². The summed E-state index contributed by atoms with van der Waals surface area (Å²) in [7, 11) is 0. The molecule has 0 heterocycles. The molecule has 0 radical (unpaired) electrons. The predicted octanol–water partition coefficient (Wildman–Crippen LogP) is 1.12. The Bertz CT molecular complexity index is 232. The number of esters is 1. The summed E-state index contributed by atoms with van der Waals surface area (Å²) < 4.78 is 4.62. The quantitative estimate of drug-likeness (QED) is 0.476. The van der Waals surface area contributed by atoms with Gasteiger partial charge in [-0.05, 0) is 20.3 Å². The molecule has 1 atom stereocenters.